The maximum absolute atomic E-state index is 13.0. The first-order valence-electron chi connectivity index (χ1n) is 11.5. The Balaban J connectivity index is 1.60. The van der Waals surface area contributed by atoms with E-state index in [2.05, 4.69) is 22.6 Å². The Kier molecular flexibility index (Phi) is 6.25. The van der Waals surface area contributed by atoms with Crippen molar-refractivity contribution in [2.75, 3.05) is 13.2 Å². The minimum atomic E-state index is -4.43. The van der Waals surface area contributed by atoms with E-state index in [-0.39, 0.29) is 11.3 Å². The van der Waals surface area contributed by atoms with Gasteiger partial charge in [0, 0.05) is 39.5 Å². The number of pyridine rings is 1. The number of alkyl halides is 3. The number of hydrogen-bond donors (Lipinski definition) is 2. The fraction of sp³-hybridized carbons (Fsp3) is 0.560. The van der Waals surface area contributed by atoms with Gasteiger partial charge in [0.1, 0.15) is 6.10 Å². The monoisotopic (exact) mass is 573 g/mol. The van der Waals surface area contributed by atoms with Crippen LogP contribution in [-0.2, 0) is 17.3 Å². The number of rotatable bonds is 3. The number of ether oxygens (including phenoxy) is 1. The number of fused-ring (bicyclic) bond motifs is 1. The van der Waals surface area contributed by atoms with Gasteiger partial charge in [-0.1, -0.05) is 18.6 Å². The molecule has 0 amide bonds. The third kappa shape index (κ3) is 4.32. The number of aliphatic hydroxyl groups is 2. The summed E-state index contributed by atoms with van der Waals surface area (Å²) in [6.45, 7) is 1.23. The van der Waals surface area contributed by atoms with Crippen molar-refractivity contribution in [3.8, 4) is 0 Å². The molecule has 8 heteroatoms. The summed E-state index contributed by atoms with van der Waals surface area (Å²) in [7, 11) is 0. The van der Waals surface area contributed by atoms with Crippen molar-refractivity contribution in [2.45, 2.75) is 69.2 Å². The SMILES string of the molecule is OC(c1ccc(C(F)(F)F)cc1)c1c(C2CCOCC2)nc2c(c1I)[C@@H](O)CC1(CCC1)C2. The van der Waals surface area contributed by atoms with Crippen LogP contribution >= 0.6 is 22.6 Å². The molecule has 5 rings (SSSR count). The lowest BCUT2D eigenvalue weighted by Gasteiger charge is -2.47. The predicted octanol–water partition coefficient (Wildman–Crippen LogP) is 5.83. The van der Waals surface area contributed by atoms with Crippen LogP contribution in [0.1, 0.15) is 90.3 Å². The first-order valence-corrected chi connectivity index (χ1v) is 12.6. The molecule has 2 aromatic rings. The van der Waals surface area contributed by atoms with Gasteiger partial charge >= 0.3 is 6.18 Å². The third-order valence-corrected chi connectivity index (χ3v) is 8.83. The average Bonchev–Trinajstić information content (AvgIpc) is 2.77. The molecule has 2 N–H and O–H groups in total. The van der Waals surface area contributed by atoms with E-state index >= 15 is 0 Å². The molecule has 33 heavy (non-hydrogen) atoms. The minimum Gasteiger partial charge on any atom is -0.388 e. The molecule has 1 aromatic heterocycles. The molecule has 2 fully saturated rings. The third-order valence-electron chi connectivity index (χ3n) is 7.67. The highest BCUT2D eigenvalue weighted by molar-refractivity contribution is 14.1. The van der Waals surface area contributed by atoms with Gasteiger partial charge in [-0.2, -0.15) is 13.2 Å². The molecule has 4 nitrogen and oxygen atoms in total. The number of benzene rings is 1. The number of halogens is 4. The van der Waals surface area contributed by atoms with Crippen molar-refractivity contribution in [1.82, 2.24) is 4.98 Å². The first-order chi connectivity index (χ1) is 15.7. The summed E-state index contributed by atoms with van der Waals surface area (Å²) in [6, 6.07) is 4.66. The van der Waals surface area contributed by atoms with E-state index in [1.165, 1.54) is 18.6 Å². The molecule has 1 saturated heterocycles. The van der Waals surface area contributed by atoms with E-state index in [1.54, 1.807) is 0 Å². The van der Waals surface area contributed by atoms with Crippen LogP contribution in [0.25, 0.3) is 0 Å². The largest absolute Gasteiger partial charge is 0.416 e. The van der Waals surface area contributed by atoms with Gasteiger partial charge in [0.05, 0.1) is 17.4 Å². The summed E-state index contributed by atoms with van der Waals surface area (Å²) in [4.78, 5) is 5.07. The zero-order chi connectivity index (χ0) is 23.4. The summed E-state index contributed by atoms with van der Waals surface area (Å²) in [5, 5.41) is 22.5. The highest BCUT2D eigenvalue weighted by atomic mass is 127. The van der Waals surface area contributed by atoms with Crippen LogP contribution in [0.2, 0.25) is 0 Å². The number of aromatic nitrogens is 1. The maximum atomic E-state index is 13.0. The minimum absolute atomic E-state index is 0.105. The fourth-order valence-electron chi connectivity index (χ4n) is 5.68. The van der Waals surface area contributed by atoms with Gasteiger partial charge in [0.2, 0.25) is 0 Å². The van der Waals surface area contributed by atoms with Crippen LogP contribution in [0, 0.1) is 8.99 Å². The van der Waals surface area contributed by atoms with Gasteiger partial charge in [-0.05, 0) is 84.2 Å². The zero-order valence-corrected chi connectivity index (χ0v) is 20.3. The summed E-state index contributed by atoms with van der Waals surface area (Å²) in [5.41, 5.74) is 2.89. The van der Waals surface area contributed by atoms with Gasteiger partial charge in [-0.15, -0.1) is 0 Å². The molecule has 2 heterocycles. The van der Waals surface area contributed by atoms with Crippen LogP contribution < -0.4 is 0 Å². The topological polar surface area (TPSA) is 62.6 Å². The molecule has 3 aliphatic rings. The molecule has 2 atom stereocenters. The van der Waals surface area contributed by atoms with Crippen LogP contribution in [0.4, 0.5) is 13.2 Å². The van der Waals surface area contributed by atoms with E-state index in [0.29, 0.717) is 30.8 Å². The summed E-state index contributed by atoms with van der Waals surface area (Å²) >= 11 is 2.19. The molecule has 1 aromatic carbocycles. The highest BCUT2D eigenvalue weighted by Crippen LogP contribution is 2.54. The Bertz CT molecular complexity index is 1030. The molecule has 178 valence electrons. The summed E-state index contributed by atoms with van der Waals surface area (Å²) < 4.78 is 45.4. The van der Waals surface area contributed by atoms with Crippen molar-refractivity contribution in [2.24, 2.45) is 5.41 Å². The van der Waals surface area contributed by atoms with Crippen molar-refractivity contribution >= 4 is 22.6 Å². The smallest absolute Gasteiger partial charge is 0.388 e. The quantitative estimate of drug-likeness (QED) is 0.454. The lowest BCUT2D eigenvalue weighted by Crippen LogP contribution is -2.38. The van der Waals surface area contributed by atoms with Crippen molar-refractivity contribution < 1.29 is 28.1 Å². The number of hydrogen-bond acceptors (Lipinski definition) is 4. The molecular formula is C25H27F3INO3. The lowest BCUT2D eigenvalue weighted by atomic mass is 9.59. The summed E-state index contributed by atoms with van der Waals surface area (Å²) in [5.74, 6) is 0.105. The van der Waals surface area contributed by atoms with E-state index in [9.17, 15) is 23.4 Å². The Labute approximate surface area is 204 Å². The van der Waals surface area contributed by atoms with Gasteiger partial charge in [-0.25, -0.2) is 0 Å². The Morgan fingerprint density at radius 1 is 1.12 bits per heavy atom. The fourth-order valence-corrected chi connectivity index (χ4v) is 6.93. The van der Waals surface area contributed by atoms with E-state index in [0.717, 1.165) is 64.8 Å². The van der Waals surface area contributed by atoms with E-state index in [1.807, 2.05) is 0 Å². The molecule has 1 aliphatic heterocycles. The predicted molar refractivity (Wildman–Crippen MR) is 125 cm³/mol. The normalized spacial score (nSPS) is 23.8. The standard InChI is InChI=1S/C25H27F3INO3/c26-25(27,28)16-4-2-15(3-5-16)23(32)20-21(29)19-17(12-24(8-1-9-24)13-18(19)31)30-22(20)14-6-10-33-11-7-14/h2-5,14,18,23,31-32H,1,6-13H2/t18-,23?/m0/s1. The molecule has 0 radical (unpaired) electrons. The van der Waals surface area contributed by atoms with Crippen LogP contribution in [-0.4, -0.2) is 28.4 Å². The van der Waals surface area contributed by atoms with Crippen LogP contribution in [0.5, 0.6) is 0 Å². The van der Waals surface area contributed by atoms with E-state index < -0.39 is 23.9 Å². The van der Waals surface area contributed by atoms with Crippen molar-refractivity contribution in [3.05, 3.63) is 61.5 Å². The molecule has 0 bridgehead atoms. The van der Waals surface area contributed by atoms with Gasteiger partial charge < -0.3 is 14.9 Å². The highest BCUT2D eigenvalue weighted by Gasteiger charge is 2.45. The van der Waals surface area contributed by atoms with Crippen molar-refractivity contribution in [3.63, 3.8) is 0 Å². The molecular weight excluding hydrogens is 546 g/mol. The van der Waals surface area contributed by atoms with Gasteiger partial charge in [0.25, 0.3) is 0 Å². The number of nitrogens with zero attached hydrogens (tertiary/aromatic N) is 1. The number of aliphatic hydroxyl groups excluding tert-OH is 2. The summed E-state index contributed by atoms with van der Waals surface area (Å²) in [6.07, 6.45) is 0.278. The van der Waals surface area contributed by atoms with Gasteiger partial charge in [-0.3, -0.25) is 4.98 Å². The first kappa shape index (κ1) is 23.5. The van der Waals surface area contributed by atoms with Crippen LogP contribution in [0.3, 0.4) is 0 Å². The Morgan fingerprint density at radius 2 is 1.79 bits per heavy atom. The van der Waals surface area contributed by atoms with Crippen LogP contribution in [0.15, 0.2) is 24.3 Å². The molecule has 1 unspecified atom stereocenters. The second-order valence-corrected chi connectivity index (χ2v) is 10.8. The average molecular weight is 573 g/mol. The zero-order valence-electron chi connectivity index (χ0n) is 18.2. The second-order valence-electron chi connectivity index (χ2n) is 9.74. The van der Waals surface area contributed by atoms with E-state index in [4.69, 9.17) is 9.72 Å². The molecule has 2 aliphatic carbocycles. The second kappa shape index (κ2) is 8.77. The molecule has 1 spiro atoms. The maximum Gasteiger partial charge on any atom is 0.416 e. The van der Waals surface area contributed by atoms with Crippen molar-refractivity contribution in [1.29, 1.82) is 0 Å². The Morgan fingerprint density at radius 3 is 2.36 bits per heavy atom. The Hall–Kier alpha value is -1.23. The molecule has 1 saturated carbocycles. The van der Waals surface area contributed by atoms with Gasteiger partial charge in [0.15, 0.2) is 0 Å². The lowest BCUT2D eigenvalue weighted by molar-refractivity contribution is -0.137.